The third-order valence-electron chi connectivity index (χ3n) is 1.48. The van der Waals surface area contributed by atoms with Crippen LogP contribution in [0.5, 0.6) is 0 Å². The first-order valence-electron chi connectivity index (χ1n) is 3.40. The van der Waals surface area contributed by atoms with Gasteiger partial charge in [-0.3, -0.25) is 0 Å². The summed E-state index contributed by atoms with van der Waals surface area (Å²) in [7, 11) is -4.37. The molecule has 0 bridgehead atoms. The minimum Gasteiger partial charge on any atom is -0.242 e. The molecule has 0 fully saturated rings. The molecule has 0 radical (unpaired) electrons. The third-order valence-corrected chi connectivity index (χ3v) is 3.35. The Morgan fingerprint density at radius 1 is 1.40 bits per heavy atom. The van der Waals surface area contributed by atoms with Crippen molar-refractivity contribution in [1.29, 1.82) is 0 Å². The van der Waals surface area contributed by atoms with Crippen molar-refractivity contribution in [3.05, 3.63) is 21.9 Å². The van der Waals surface area contributed by atoms with Crippen LogP contribution in [0.1, 0.15) is 12.0 Å². The summed E-state index contributed by atoms with van der Waals surface area (Å²) in [6, 6.07) is 0. The Balaban J connectivity index is 3.65. The van der Waals surface area contributed by atoms with Gasteiger partial charge in [-0.25, -0.2) is 27.3 Å². The van der Waals surface area contributed by atoms with Crippen LogP contribution in [0.4, 0.5) is 8.78 Å². The van der Waals surface area contributed by atoms with Gasteiger partial charge < -0.3 is 0 Å². The lowest BCUT2D eigenvalue weighted by molar-refractivity contribution is 0.147. The molecular formula is C6H4Cl2F2N2O2S. The lowest BCUT2D eigenvalue weighted by Crippen LogP contribution is -2.16. The molecule has 0 amide bonds. The predicted molar refractivity (Wildman–Crippen MR) is 50.6 cm³/mol. The van der Waals surface area contributed by atoms with Crippen molar-refractivity contribution in [2.75, 3.05) is 0 Å². The molecule has 4 nitrogen and oxygen atoms in total. The van der Waals surface area contributed by atoms with Crippen molar-refractivity contribution < 1.29 is 17.2 Å². The van der Waals surface area contributed by atoms with E-state index in [-0.39, 0.29) is 0 Å². The Bertz CT molecular complexity index is 492. The van der Waals surface area contributed by atoms with Crippen molar-refractivity contribution in [3.63, 3.8) is 0 Å². The van der Waals surface area contributed by atoms with E-state index in [1.165, 1.54) is 0 Å². The first-order chi connectivity index (χ1) is 6.75. The van der Waals surface area contributed by atoms with Crippen molar-refractivity contribution in [2.45, 2.75) is 11.3 Å². The maximum atomic E-state index is 12.4. The van der Waals surface area contributed by atoms with Gasteiger partial charge in [-0.05, 0) is 0 Å². The summed E-state index contributed by atoms with van der Waals surface area (Å²) in [6.45, 7) is 0. The van der Waals surface area contributed by atoms with Crippen LogP contribution in [-0.4, -0.2) is 13.4 Å². The number of primary sulfonamides is 1. The summed E-state index contributed by atoms with van der Waals surface area (Å²) in [4.78, 5) is 2.42. The number of nitrogens with two attached hydrogens (primary N) is 1. The summed E-state index contributed by atoms with van der Waals surface area (Å²) >= 11 is 10.8. The van der Waals surface area contributed by atoms with Crippen molar-refractivity contribution >= 4 is 33.2 Å². The molecule has 84 valence electrons. The summed E-state index contributed by atoms with van der Waals surface area (Å²) in [5, 5.41) is 3.74. The second kappa shape index (κ2) is 4.17. The van der Waals surface area contributed by atoms with E-state index in [0.29, 0.717) is 6.20 Å². The van der Waals surface area contributed by atoms with E-state index in [1.54, 1.807) is 0 Å². The van der Waals surface area contributed by atoms with Gasteiger partial charge in [-0.15, -0.1) is 0 Å². The molecule has 15 heavy (non-hydrogen) atoms. The van der Waals surface area contributed by atoms with Crippen LogP contribution in [0.15, 0.2) is 11.1 Å². The van der Waals surface area contributed by atoms with Gasteiger partial charge >= 0.3 is 0 Å². The minimum absolute atomic E-state index is 0.398. The lowest BCUT2D eigenvalue weighted by Gasteiger charge is -2.08. The molecule has 9 heteroatoms. The van der Waals surface area contributed by atoms with E-state index >= 15 is 0 Å². The minimum atomic E-state index is -4.37. The first-order valence-corrected chi connectivity index (χ1v) is 5.70. The summed E-state index contributed by atoms with van der Waals surface area (Å²) in [5.74, 6) is 0. The number of pyridine rings is 1. The fourth-order valence-corrected chi connectivity index (χ4v) is 2.40. The Morgan fingerprint density at radius 2 is 1.93 bits per heavy atom. The van der Waals surface area contributed by atoms with Crippen LogP contribution in [0.2, 0.25) is 10.2 Å². The molecular weight excluding hydrogens is 273 g/mol. The standard InChI is InChI=1S/C6H4Cl2F2N2O2S/c7-3-4(15(11,13)14)2(6(9)10)1-12-5(3)8/h1,6H,(H2,11,13,14). The molecule has 1 heterocycles. The molecule has 0 aliphatic heterocycles. The molecule has 0 saturated heterocycles. The van der Waals surface area contributed by atoms with Crippen LogP contribution in [-0.2, 0) is 10.0 Å². The number of hydrogen-bond acceptors (Lipinski definition) is 3. The van der Waals surface area contributed by atoms with Crippen molar-refractivity contribution in [2.24, 2.45) is 5.14 Å². The highest BCUT2D eigenvalue weighted by Gasteiger charge is 2.26. The zero-order chi connectivity index (χ0) is 11.8. The predicted octanol–water partition coefficient (Wildman–Crippen LogP) is 1.97. The number of sulfonamides is 1. The average molecular weight is 277 g/mol. The van der Waals surface area contributed by atoms with Crippen molar-refractivity contribution in [3.8, 4) is 0 Å². The highest BCUT2D eigenvalue weighted by Crippen LogP contribution is 2.34. The van der Waals surface area contributed by atoms with Gasteiger partial charge in [0.1, 0.15) is 10.0 Å². The molecule has 1 rings (SSSR count). The summed E-state index contributed by atoms with van der Waals surface area (Å²) in [5.41, 5.74) is -0.869. The maximum absolute atomic E-state index is 12.4. The molecule has 2 N–H and O–H groups in total. The maximum Gasteiger partial charge on any atom is 0.266 e. The monoisotopic (exact) mass is 276 g/mol. The normalized spacial score (nSPS) is 12.1. The van der Waals surface area contributed by atoms with E-state index in [1.807, 2.05) is 0 Å². The van der Waals surface area contributed by atoms with Gasteiger partial charge in [0.05, 0.1) is 10.6 Å². The topological polar surface area (TPSA) is 73.1 Å². The van der Waals surface area contributed by atoms with Gasteiger partial charge in [-0.2, -0.15) is 0 Å². The molecule has 1 aromatic heterocycles. The van der Waals surface area contributed by atoms with Crippen LogP contribution in [0.25, 0.3) is 0 Å². The Morgan fingerprint density at radius 3 is 2.33 bits per heavy atom. The van der Waals surface area contributed by atoms with Crippen LogP contribution < -0.4 is 5.14 Å². The van der Waals surface area contributed by atoms with E-state index < -0.39 is 37.1 Å². The molecule has 0 atom stereocenters. The average Bonchev–Trinajstić information content (AvgIpc) is 2.06. The van der Waals surface area contributed by atoms with Gasteiger partial charge in [-0.1, -0.05) is 23.2 Å². The largest absolute Gasteiger partial charge is 0.266 e. The second-order valence-electron chi connectivity index (χ2n) is 2.49. The highest BCUT2D eigenvalue weighted by atomic mass is 35.5. The van der Waals surface area contributed by atoms with Gasteiger partial charge in [0.15, 0.2) is 0 Å². The second-order valence-corrected chi connectivity index (χ2v) is 4.73. The highest BCUT2D eigenvalue weighted by molar-refractivity contribution is 7.89. The molecule has 0 aliphatic carbocycles. The van der Waals surface area contributed by atoms with Crippen LogP contribution in [0, 0.1) is 0 Å². The summed E-state index contributed by atoms with van der Waals surface area (Å²) in [6.07, 6.45) is -2.43. The van der Waals surface area contributed by atoms with E-state index in [0.717, 1.165) is 0 Å². The smallest absolute Gasteiger partial charge is 0.242 e. The Kier molecular flexibility index (Phi) is 3.49. The molecule has 0 spiro atoms. The van der Waals surface area contributed by atoms with E-state index in [4.69, 9.17) is 28.3 Å². The Hall–Kier alpha value is -0.500. The number of halogens is 4. The quantitative estimate of drug-likeness (QED) is 0.840. The Labute approximate surface area is 94.1 Å². The number of aromatic nitrogens is 1. The third kappa shape index (κ3) is 2.54. The first kappa shape index (κ1) is 12.6. The molecule has 1 aromatic rings. The van der Waals surface area contributed by atoms with Gasteiger partial charge in [0.25, 0.3) is 6.43 Å². The lowest BCUT2D eigenvalue weighted by atomic mass is 10.3. The zero-order valence-corrected chi connectivity index (χ0v) is 9.24. The van der Waals surface area contributed by atoms with Crippen molar-refractivity contribution in [1.82, 2.24) is 4.98 Å². The molecule has 0 unspecified atom stereocenters. The molecule has 0 aliphatic rings. The number of nitrogens with zero attached hydrogens (tertiary/aromatic N) is 1. The van der Waals surface area contributed by atoms with E-state index in [9.17, 15) is 17.2 Å². The fourth-order valence-electron chi connectivity index (χ4n) is 0.907. The number of rotatable bonds is 2. The van der Waals surface area contributed by atoms with Crippen LogP contribution >= 0.6 is 23.2 Å². The molecule has 0 aromatic carbocycles. The number of hydrogen-bond donors (Lipinski definition) is 1. The summed E-state index contributed by atoms with van der Waals surface area (Å²) < 4.78 is 46.8. The van der Waals surface area contributed by atoms with Gasteiger partial charge in [0, 0.05) is 6.20 Å². The van der Waals surface area contributed by atoms with Crippen LogP contribution in [0.3, 0.4) is 0 Å². The fraction of sp³-hybridized carbons (Fsp3) is 0.167. The SMILES string of the molecule is NS(=O)(=O)c1c(C(F)F)cnc(Cl)c1Cl. The van der Waals surface area contributed by atoms with Gasteiger partial charge in [0.2, 0.25) is 10.0 Å². The number of alkyl halides is 2. The molecule has 0 saturated carbocycles. The van der Waals surface area contributed by atoms with E-state index in [2.05, 4.69) is 4.98 Å². The zero-order valence-electron chi connectivity index (χ0n) is 6.92.